The second-order valence-corrected chi connectivity index (χ2v) is 7.02. The molecule has 0 saturated carbocycles. The molecular weight excluding hydrogens is 310 g/mol. The molecule has 1 atom stereocenters. The van der Waals surface area contributed by atoms with Crippen molar-refractivity contribution in [1.82, 2.24) is 15.5 Å². The number of carbonyl (C=O) groups is 2. The van der Waals surface area contributed by atoms with Gasteiger partial charge in [0.2, 0.25) is 5.91 Å². The van der Waals surface area contributed by atoms with E-state index in [4.69, 9.17) is 0 Å². The van der Waals surface area contributed by atoms with Gasteiger partial charge in [-0.25, -0.2) is 0 Å². The number of hydrogen-bond acceptors (Lipinski definition) is 4. The monoisotopic (exact) mass is 337 g/mol. The van der Waals surface area contributed by atoms with Gasteiger partial charge in [-0.3, -0.25) is 9.59 Å². The van der Waals surface area contributed by atoms with E-state index in [1.54, 1.807) is 13.0 Å². The predicted molar refractivity (Wildman–Crippen MR) is 93.8 cm³/mol. The summed E-state index contributed by atoms with van der Waals surface area (Å²) in [6.45, 7) is 5.78. The van der Waals surface area contributed by atoms with Gasteiger partial charge in [-0.05, 0) is 57.3 Å². The molecule has 0 spiro atoms. The average Bonchev–Trinajstić information content (AvgIpc) is 2.96. The Morgan fingerprint density at radius 2 is 2.00 bits per heavy atom. The first-order chi connectivity index (χ1) is 11.2. The molecule has 2 heterocycles. The van der Waals surface area contributed by atoms with Crippen LogP contribution in [0.1, 0.15) is 48.7 Å². The molecule has 1 aromatic heterocycles. The van der Waals surface area contributed by atoms with Gasteiger partial charge in [0.1, 0.15) is 6.04 Å². The molecule has 0 radical (unpaired) electrons. The molecule has 1 saturated heterocycles. The Kier molecular flexibility index (Phi) is 7.55. The lowest BCUT2D eigenvalue weighted by Gasteiger charge is -2.20. The summed E-state index contributed by atoms with van der Waals surface area (Å²) in [5.41, 5.74) is 0. The van der Waals surface area contributed by atoms with E-state index in [0.29, 0.717) is 11.4 Å². The quantitative estimate of drug-likeness (QED) is 0.750. The van der Waals surface area contributed by atoms with E-state index >= 15 is 0 Å². The molecule has 23 heavy (non-hydrogen) atoms. The lowest BCUT2D eigenvalue weighted by atomic mass is 10.2. The van der Waals surface area contributed by atoms with Gasteiger partial charge in [-0.2, -0.15) is 0 Å². The highest BCUT2D eigenvalue weighted by Crippen LogP contribution is 2.10. The SMILES string of the molecule is CC(NC(=O)c1cccs1)C(=O)NCCCN1CCCCCC1. The van der Waals surface area contributed by atoms with Crippen molar-refractivity contribution in [2.45, 2.75) is 45.1 Å². The van der Waals surface area contributed by atoms with Crippen molar-refractivity contribution >= 4 is 23.2 Å². The van der Waals surface area contributed by atoms with Gasteiger partial charge in [-0.15, -0.1) is 11.3 Å². The van der Waals surface area contributed by atoms with E-state index in [1.807, 2.05) is 11.4 Å². The second-order valence-electron chi connectivity index (χ2n) is 6.07. The lowest BCUT2D eigenvalue weighted by Crippen LogP contribution is -2.45. The van der Waals surface area contributed by atoms with Crippen LogP contribution < -0.4 is 10.6 Å². The maximum absolute atomic E-state index is 12.0. The Bertz CT molecular complexity index is 482. The molecule has 1 aromatic rings. The molecule has 1 unspecified atom stereocenters. The van der Waals surface area contributed by atoms with E-state index in [9.17, 15) is 9.59 Å². The van der Waals surface area contributed by atoms with Crippen LogP contribution in [0, 0.1) is 0 Å². The third-order valence-electron chi connectivity index (χ3n) is 4.13. The van der Waals surface area contributed by atoms with Crippen LogP contribution in [0.3, 0.4) is 0 Å². The van der Waals surface area contributed by atoms with E-state index in [-0.39, 0.29) is 11.8 Å². The van der Waals surface area contributed by atoms with Crippen LogP contribution in [-0.4, -0.2) is 48.9 Å². The van der Waals surface area contributed by atoms with Crippen LogP contribution in [0.5, 0.6) is 0 Å². The summed E-state index contributed by atoms with van der Waals surface area (Å²) in [7, 11) is 0. The van der Waals surface area contributed by atoms with Gasteiger partial charge in [0.15, 0.2) is 0 Å². The number of carbonyl (C=O) groups excluding carboxylic acids is 2. The standard InChI is InChI=1S/C17H27N3O2S/c1-14(19-17(22)15-8-6-13-23-15)16(21)18-9-7-12-20-10-4-2-3-5-11-20/h6,8,13-14H,2-5,7,9-12H2,1H3,(H,18,21)(H,19,22). The van der Waals surface area contributed by atoms with Crippen molar-refractivity contribution in [3.05, 3.63) is 22.4 Å². The first-order valence-electron chi connectivity index (χ1n) is 8.51. The lowest BCUT2D eigenvalue weighted by molar-refractivity contribution is -0.122. The number of rotatable bonds is 7. The number of hydrogen-bond donors (Lipinski definition) is 2. The fourth-order valence-electron chi connectivity index (χ4n) is 2.77. The highest BCUT2D eigenvalue weighted by Gasteiger charge is 2.16. The van der Waals surface area contributed by atoms with E-state index in [1.165, 1.54) is 50.1 Å². The van der Waals surface area contributed by atoms with Crippen LogP contribution in [0.2, 0.25) is 0 Å². The topological polar surface area (TPSA) is 61.4 Å². The molecule has 1 fully saturated rings. The van der Waals surface area contributed by atoms with Crippen LogP contribution in [0.4, 0.5) is 0 Å². The first-order valence-corrected chi connectivity index (χ1v) is 9.39. The summed E-state index contributed by atoms with van der Waals surface area (Å²) in [4.78, 5) is 27.0. The molecular formula is C17H27N3O2S. The molecule has 1 aliphatic rings. The number of likely N-dealkylation sites (tertiary alicyclic amines) is 1. The minimum absolute atomic E-state index is 0.120. The summed E-state index contributed by atoms with van der Waals surface area (Å²) >= 11 is 1.37. The molecule has 0 bridgehead atoms. The van der Waals surface area contributed by atoms with Gasteiger partial charge in [-0.1, -0.05) is 18.9 Å². The van der Waals surface area contributed by atoms with Crippen LogP contribution in [0.25, 0.3) is 0 Å². The Hall–Kier alpha value is -1.40. The summed E-state index contributed by atoms with van der Waals surface area (Å²) in [5.74, 6) is -0.307. The second kappa shape index (κ2) is 9.67. The zero-order valence-corrected chi connectivity index (χ0v) is 14.7. The molecule has 0 aliphatic carbocycles. The molecule has 2 amide bonds. The summed E-state index contributed by atoms with van der Waals surface area (Å²) in [6.07, 6.45) is 6.22. The highest BCUT2D eigenvalue weighted by atomic mass is 32.1. The molecule has 1 aliphatic heterocycles. The number of thiophene rings is 1. The predicted octanol–water partition coefficient (Wildman–Crippen LogP) is 2.25. The third-order valence-corrected chi connectivity index (χ3v) is 5.00. The Labute approximate surface area is 142 Å². The summed E-state index contributed by atoms with van der Waals surface area (Å²) in [6, 6.07) is 3.07. The van der Waals surface area contributed by atoms with Gasteiger partial charge in [0, 0.05) is 6.54 Å². The van der Waals surface area contributed by atoms with Gasteiger partial charge >= 0.3 is 0 Å². The molecule has 128 valence electrons. The van der Waals surface area contributed by atoms with Crippen LogP contribution in [0.15, 0.2) is 17.5 Å². The maximum Gasteiger partial charge on any atom is 0.261 e. The van der Waals surface area contributed by atoms with Crippen molar-refractivity contribution in [2.75, 3.05) is 26.2 Å². The number of amides is 2. The van der Waals surface area contributed by atoms with Crippen LogP contribution in [-0.2, 0) is 4.79 Å². The zero-order chi connectivity index (χ0) is 16.5. The normalized spacial score (nSPS) is 17.3. The number of nitrogens with zero attached hydrogens (tertiary/aromatic N) is 1. The highest BCUT2D eigenvalue weighted by molar-refractivity contribution is 7.12. The van der Waals surface area contributed by atoms with Crippen molar-refractivity contribution < 1.29 is 9.59 Å². The minimum atomic E-state index is -0.511. The Morgan fingerprint density at radius 1 is 1.26 bits per heavy atom. The fraction of sp³-hybridized carbons (Fsp3) is 0.647. The summed E-state index contributed by atoms with van der Waals surface area (Å²) in [5, 5.41) is 7.49. The van der Waals surface area contributed by atoms with Crippen molar-refractivity contribution in [1.29, 1.82) is 0 Å². The van der Waals surface area contributed by atoms with Crippen LogP contribution >= 0.6 is 11.3 Å². The number of nitrogens with one attached hydrogen (secondary N) is 2. The first kappa shape index (κ1) is 17.9. The average molecular weight is 337 g/mol. The molecule has 0 aromatic carbocycles. The van der Waals surface area contributed by atoms with E-state index < -0.39 is 6.04 Å². The van der Waals surface area contributed by atoms with Gasteiger partial charge < -0.3 is 15.5 Å². The van der Waals surface area contributed by atoms with E-state index in [2.05, 4.69) is 15.5 Å². The van der Waals surface area contributed by atoms with Crippen molar-refractivity contribution in [2.24, 2.45) is 0 Å². The molecule has 6 heteroatoms. The largest absolute Gasteiger partial charge is 0.354 e. The summed E-state index contributed by atoms with van der Waals surface area (Å²) < 4.78 is 0. The third kappa shape index (κ3) is 6.31. The Balaban J connectivity index is 1.61. The molecule has 2 rings (SSSR count). The van der Waals surface area contributed by atoms with E-state index in [0.717, 1.165) is 13.0 Å². The zero-order valence-electron chi connectivity index (χ0n) is 13.8. The molecule has 5 nitrogen and oxygen atoms in total. The maximum atomic E-state index is 12.0. The van der Waals surface area contributed by atoms with Crippen molar-refractivity contribution in [3.8, 4) is 0 Å². The van der Waals surface area contributed by atoms with Crippen molar-refractivity contribution in [3.63, 3.8) is 0 Å². The van der Waals surface area contributed by atoms with Gasteiger partial charge in [0.05, 0.1) is 4.88 Å². The Morgan fingerprint density at radius 3 is 2.65 bits per heavy atom. The minimum Gasteiger partial charge on any atom is -0.354 e. The molecule has 2 N–H and O–H groups in total. The van der Waals surface area contributed by atoms with Gasteiger partial charge in [0.25, 0.3) is 5.91 Å². The smallest absolute Gasteiger partial charge is 0.261 e. The fourth-order valence-corrected chi connectivity index (χ4v) is 3.40.